The highest BCUT2D eigenvalue weighted by Crippen LogP contribution is 2.36. The molecule has 1 aromatic heterocycles. The first-order valence-corrected chi connectivity index (χ1v) is 9.51. The number of aliphatic hydroxyl groups is 3. The fourth-order valence-electron chi connectivity index (χ4n) is 3.73. The van der Waals surface area contributed by atoms with Crippen molar-refractivity contribution in [2.75, 3.05) is 0 Å². The summed E-state index contributed by atoms with van der Waals surface area (Å²) in [7, 11) is 0. The van der Waals surface area contributed by atoms with Gasteiger partial charge in [-0.05, 0) is 48.6 Å². The average molecular weight is 417 g/mol. The second kappa shape index (κ2) is 6.79. The highest BCUT2D eigenvalue weighted by molar-refractivity contribution is 9.10. The number of hydrogen-bond donors (Lipinski definition) is 5. The van der Waals surface area contributed by atoms with Gasteiger partial charge in [0.15, 0.2) is 0 Å². The third-order valence-electron chi connectivity index (χ3n) is 5.06. The van der Waals surface area contributed by atoms with Crippen LogP contribution >= 0.6 is 15.9 Å². The summed E-state index contributed by atoms with van der Waals surface area (Å²) in [5.74, 6) is -2.79. The molecule has 3 aromatic rings. The predicted molar refractivity (Wildman–Crippen MR) is 103 cm³/mol. The molecule has 2 aromatic carbocycles. The number of H-pyrrole nitrogens is 1. The van der Waals surface area contributed by atoms with E-state index >= 15 is 0 Å². The van der Waals surface area contributed by atoms with Crippen molar-refractivity contribution in [1.29, 1.82) is 0 Å². The quantitative estimate of drug-likeness (QED) is 0.422. The van der Waals surface area contributed by atoms with Crippen LogP contribution in [0.1, 0.15) is 41.3 Å². The van der Waals surface area contributed by atoms with Crippen LogP contribution in [0.4, 0.5) is 0 Å². The minimum Gasteiger partial charge on any atom is -0.357 e. The number of aromatic nitrogens is 1. The van der Waals surface area contributed by atoms with Crippen molar-refractivity contribution >= 4 is 26.8 Å². The van der Waals surface area contributed by atoms with Crippen LogP contribution in [0.3, 0.4) is 0 Å². The number of aromatic amines is 1. The standard InChI is InChI=1S/C20H21BrN2O3/c21-14-8-9-17-16(10-14)15-2-1-3-18(19(15)23-17)22-11-12-4-6-13(7-5-12)20(24,25)26/h4-10,18,22-26H,1-3,11H2. The summed E-state index contributed by atoms with van der Waals surface area (Å²) in [6, 6.07) is 13.2. The van der Waals surface area contributed by atoms with Gasteiger partial charge in [0.2, 0.25) is 0 Å². The fourth-order valence-corrected chi connectivity index (χ4v) is 4.09. The Kier molecular flexibility index (Phi) is 4.62. The van der Waals surface area contributed by atoms with E-state index in [0.29, 0.717) is 6.54 Å². The van der Waals surface area contributed by atoms with Gasteiger partial charge in [0.1, 0.15) is 0 Å². The molecular formula is C20H21BrN2O3. The molecular weight excluding hydrogens is 396 g/mol. The number of benzene rings is 2. The molecule has 0 amide bonds. The second-order valence-corrected chi connectivity index (χ2v) is 7.78. The maximum atomic E-state index is 9.20. The number of hydrogen-bond acceptors (Lipinski definition) is 4. The van der Waals surface area contributed by atoms with Crippen molar-refractivity contribution in [3.05, 3.63) is 69.3 Å². The summed E-state index contributed by atoms with van der Waals surface area (Å²) < 4.78 is 1.09. The summed E-state index contributed by atoms with van der Waals surface area (Å²) in [6.07, 6.45) is 3.31. The molecule has 0 radical (unpaired) electrons. The first-order chi connectivity index (χ1) is 12.4. The molecule has 1 atom stereocenters. The first kappa shape index (κ1) is 17.7. The lowest BCUT2D eigenvalue weighted by Crippen LogP contribution is -2.25. The molecule has 1 heterocycles. The summed E-state index contributed by atoms with van der Waals surface area (Å²) in [5.41, 5.74) is 4.90. The number of aryl methyl sites for hydroxylation is 1. The lowest BCUT2D eigenvalue weighted by Gasteiger charge is -2.24. The molecule has 0 aliphatic heterocycles. The van der Waals surface area contributed by atoms with Crippen LogP contribution in [0.15, 0.2) is 46.9 Å². The van der Waals surface area contributed by atoms with Crippen LogP contribution in [0, 0.1) is 0 Å². The normalized spacial score (nSPS) is 17.5. The summed E-state index contributed by atoms with van der Waals surface area (Å²) in [6.45, 7) is 0.665. The molecule has 6 heteroatoms. The maximum Gasteiger partial charge on any atom is 0.304 e. The van der Waals surface area contributed by atoms with Gasteiger partial charge >= 0.3 is 5.97 Å². The van der Waals surface area contributed by atoms with Gasteiger partial charge in [0, 0.05) is 39.2 Å². The maximum absolute atomic E-state index is 9.20. The monoisotopic (exact) mass is 416 g/mol. The van der Waals surface area contributed by atoms with Crippen LogP contribution in [0.2, 0.25) is 0 Å². The molecule has 5 N–H and O–H groups in total. The lowest BCUT2D eigenvalue weighted by molar-refractivity contribution is -0.323. The van der Waals surface area contributed by atoms with E-state index in [4.69, 9.17) is 0 Å². The van der Waals surface area contributed by atoms with E-state index in [1.165, 1.54) is 34.3 Å². The molecule has 26 heavy (non-hydrogen) atoms. The van der Waals surface area contributed by atoms with Gasteiger partial charge in [0.25, 0.3) is 0 Å². The average Bonchev–Trinajstić information content (AvgIpc) is 2.98. The number of nitrogens with one attached hydrogen (secondary N) is 2. The molecule has 1 aliphatic rings. The Labute approximate surface area is 159 Å². The third kappa shape index (κ3) is 3.43. The molecule has 5 nitrogen and oxygen atoms in total. The summed E-state index contributed by atoms with van der Waals surface area (Å²) in [5, 5.41) is 32.5. The molecule has 0 bridgehead atoms. The van der Waals surface area contributed by atoms with Crippen LogP contribution in [0.5, 0.6) is 0 Å². The number of halogens is 1. The van der Waals surface area contributed by atoms with Crippen LogP contribution in [0.25, 0.3) is 10.9 Å². The van der Waals surface area contributed by atoms with Gasteiger partial charge < -0.3 is 25.6 Å². The van der Waals surface area contributed by atoms with Gasteiger partial charge in [0.05, 0.1) is 0 Å². The Bertz CT molecular complexity index is 929. The topological polar surface area (TPSA) is 88.5 Å². The van der Waals surface area contributed by atoms with Gasteiger partial charge in [-0.1, -0.05) is 40.2 Å². The minimum atomic E-state index is -2.79. The zero-order valence-corrected chi connectivity index (χ0v) is 15.8. The Morgan fingerprint density at radius 3 is 2.62 bits per heavy atom. The summed E-state index contributed by atoms with van der Waals surface area (Å²) >= 11 is 3.56. The van der Waals surface area contributed by atoms with Crippen molar-refractivity contribution in [2.24, 2.45) is 0 Å². The number of fused-ring (bicyclic) bond motifs is 3. The molecule has 0 saturated carbocycles. The van der Waals surface area contributed by atoms with Gasteiger partial charge in [-0.15, -0.1) is 0 Å². The van der Waals surface area contributed by atoms with E-state index in [9.17, 15) is 15.3 Å². The van der Waals surface area contributed by atoms with E-state index in [1.54, 1.807) is 12.1 Å². The zero-order valence-electron chi connectivity index (χ0n) is 14.2. The van der Waals surface area contributed by atoms with Gasteiger partial charge in [-0.2, -0.15) is 0 Å². The Balaban J connectivity index is 1.53. The Hall–Kier alpha value is -1.70. The van der Waals surface area contributed by atoms with Crippen molar-refractivity contribution in [2.45, 2.75) is 37.8 Å². The largest absolute Gasteiger partial charge is 0.357 e. The third-order valence-corrected chi connectivity index (χ3v) is 5.56. The zero-order chi connectivity index (χ0) is 18.3. The Morgan fingerprint density at radius 2 is 1.88 bits per heavy atom. The van der Waals surface area contributed by atoms with Crippen molar-refractivity contribution in [3.8, 4) is 0 Å². The summed E-state index contributed by atoms with van der Waals surface area (Å²) in [4.78, 5) is 3.58. The van der Waals surface area contributed by atoms with E-state index < -0.39 is 5.97 Å². The molecule has 4 rings (SSSR count). The second-order valence-electron chi connectivity index (χ2n) is 6.87. The fraction of sp³-hybridized carbons (Fsp3) is 0.300. The van der Waals surface area contributed by atoms with Crippen molar-refractivity contribution in [1.82, 2.24) is 10.3 Å². The van der Waals surface area contributed by atoms with E-state index in [-0.39, 0.29) is 11.6 Å². The lowest BCUT2D eigenvalue weighted by atomic mass is 9.91. The smallest absolute Gasteiger partial charge is 0.304 e. The predicted octanol–water partition coefficient (Wildman–Crippen LogP) is 3.18. The Morgan fingerprint density at radius 1 is 1.12 bits per heavy atom. The molecule has 0 fully saturated rings. The highest BCUT2D eigenvalue weighted by Gasteiger charge is 2.24. The minimum absolute atomic E-state index is 0.0578. The van der Waals surface area contributed by atoms with E-state index in [1.807, 2.05) is 0 Å². The van der Waals surface area contributed by atoms with E-state index in [0.717, 1.165) is 29.3 Å². The van der Waals surface area contributed by atoms with Gasteiger partial charge in [-0.3, -0.25) is 0 Å². The SMILES string of the molecule is OC(O)(O)c1ccc(CNC2CCCc3c2[nH]c2ccc(Br)cc32)cc1. The van der Waals surface area contributed by atoms with Crippen LogP contribution in [-0.2, 0) is 18.9 Å². The van der Waals surface area contributed by atoms with Crippen molar-refractivity contribution < 1.29 is 15.3 Å². The molecule has 1 aliphatic carbocycles. The molecule has 1 unspecified atom stereocenters. The molecule has 0 saturated heterocycles. The van der Waals surface area contributed by atoms with Crippen molar-refractivity contribution in [3.63, 3.8) is 0 Å². The van der Waals surface area contributed by atoms with E-state index in [2.05, 4.69) is 44.4 Å². The first-order valence-electron chi connectivity index (χ1n) is 8.72. The highest BCUT2D eigenvalue weighted by atomic mass is 79.9. The number of rotatable bonds is 4. The van der Waals surface area contributed by atoms with Crippen LogP contribution < -0.4 is 5.32 Å². The molecule has 0 spiro atoms. The van der Waals surface area contributed by atoms with Crippen LogP contribution in [-0.4, -0.2) is 20.3 Å². The van der Waals surface area contributed by atoms with Gasteiger partial charge in [-0.25, -0.2) is 0 Å². The molecule has 136 valence electrons.